The smallest absolute Gasteiger partial charge is 0.355 e. The fourth-order valence-corrected chi connectivity index (χ4v) is 5.30. The maximum atomic E-state index is 13.0. The van der Waals surface area contributed by atoms with Crippen molar-refractivity contribution >= 4 is 46.2 Å². The van der Waals surface area contributed by atoms with E-state index in [0.29, 0.717) is 17.7 Å². The molecular formula is C23H23N3O5S2. The van der Waals surface area contributed by atoms with E-state index < -0.39 is 24.5 Å². The lowest BCUT2D eigenvalue weighted by atomic mass is 10.1. The van der Waals surface area contributed by atoms with Gasteiger partial charge in [-0.2, -0.15) is 5.10 Å². The van der Waals surface area contributed by atoms with Crippen molar-refractivity contribution in [2.45, 2.75) is 33.2 Å². The first-order valence-corrected chi connectivity index (χ1v) is 12.2. The summed E-state index contributed by atoms with van der Waals surface area (Å²) in [7, 11) is 0. The van der Waals surface area contributed by atoms with Gasteiger partial charge in [0.2, 0.25) is 0 Å². The number of ether oxygens (including phenoxy) is 2. The molecule has 1 aliphatic heterocycles. The number of esters is 2. The van der Waals surface area contributed by atoms with E-state index in [-0.39, 0.29) is 23.9 Å². The summed E-state index contributed by atoms with van der Waals surface area (Å²) in [6.07, 6.45) is 0.597. The molecule has 1 atom stereocenters. The van der Waals surface area contributed by atoms with Crippen LogP contribution in [0.4, 0.5) is 0 Å². The Hall–Kier alpha value is -3.24. The lowest BCUT2D eigenvalue weighted by Gasteiger charge is -2.20. The van der Waals surface area contributed by atoms with Gasteiger partial charge >= 0.3 is 11.9 Å². The van der Waals surface area contributed by atoms with Crippen molar-refractivity contribution in [3.05, 3.63) is 67.3 Å². The molecule has 0 saturated heterocycles. The van der Waals surface area contributed by atoms with Crippen LogP contribution in [0.3, 0.4) is 0 Å². The Bertz CT molecular complexity index is 1200. The third-order valence-electron chi connectivity index (χ3n) is 5.29. The van der Waals surface area contributed by atoms with E-state index in [2.05, 4.69) is 10.1 Å². The standard InChI is InChI=1S/C23H23N3O5S2/c1-4-30-23(29)21-13(2)20(14(3)24-21)22(28)31-12-19(27)26-16(18-8-6-10-33-18)11-15(25-26)17-7-5-9-32-17/h5-10,16,24H,4,11-12H2,1-3H3. The number of hydrogen-bond donors (Lipinski definition) is 1. The van der Waals surface area contributed by atoms with Crippen molar-refractivity contribution in [2.75, 3.05) is 13.2 Å². The summed E-state index contributed by atoms with van der Waals surface area (Å²) in [5.41, 5.74) is 2.17. The van der Waals surface area contributed by atoms with Crippen molar-refractivity contribution in [2.24, 2.45) is 5.10 Å². The second-order valence-corrected chi connectivity index (χ2v) is 9.35. The molecule has 10 heteroatoms. The van der Waals surface area contributed by atoms with E-state index in [0.717, 1.165) is 15.5 Å². The quantitative estimate of drug-likeness (QED) is 0.498. The third kappa shape index (κ3) is 4.62. The summed E-state index contributed by atoms with van der Waals surface area (Å²) in [5.74, 6) is -1.64. The summed E-state index contributed by atoms with van der Waals surface area (Å²) in [5, 5.41) is 9.90. The van der Waals surface area contributed by atoms with E-state index in [1.807, 2.05) is 35.0 Å². The number of carbonyl (C=O) groups is 3. The predicted molar refractivity (Wildman–Crippen MR) is 126 cm³/mol. The zero-order valence-corrected chi connectivity index (χ0v) is 20.0. The molecule has 1 N–H and O–H groups in total. The third-order valence-corrected chi connectivity index (χ3v) is 7.18. The lowest BCUT2D eigenvalue weighted by molar-refractivity contribution is -0.136. The molecule has 4 rings (SSSR count). The number of aromatic nitrogens is 1. The van der Waals surface area contributed by atoms with Crippen molar-refractivity contribution in [1.82, 2.24) is 9.99 Å². The highest BCUT2D eigenvalue weighted by atomic mass is 32.1. The van der Waals surface area contributed by atoms with Crippen LogP contribution in [0.2, 0.25) is 0 Å². The van der Waals surface area contributed by atoms with Crippen molar-refractivity contribution < 1.29 is 23.9 Å². The molecule has 0 aromatic carbocycles. The Labute approximate surface area is 198 Å². The number of H-pyrrole nitrogens is 1. The van der Waals surface area contributed by atoms with Gasteiger partial charge in [0.1, 0.15) is 5.69 Å². The van der Waals surface area contributed by atoms with E-state index in [1.165, 1.54) is 5.01 Å². The molecule has 3 aromatic rings. The summed E-state index contributed by atoms with van der Waals surface area (Å²) >= 11 is 3.12. The average Bonchev–Trinajstić information content (AvgIpc) is 3.58. The number of nitrogens with one attached hydrogen (secondary N) is 1. The normalized spacial score (nSPS) is 15.4. The number of aromatic amines is 1. The first kappa shape index (κ1) is 22.9. The Kier molecular flexibility index (Phi) is 6.75. The fourth-order valence-electron chi connectivity index (χ4n) is 3.76. The molecule has 172 valence electrons. The van der Waals surface area contributed by atoms with Gasteiger partial charge in [-0.05, 0) is 49.2 Å². The number of rotatable bonds is 7. The number of hydrogen-bond acceptors (Lipinski definition) is 8. The number of thiophene rings is 2. The minimum Gasteiger partial charge on any atom is -0.461 e. The van der Waals surface area contributed by atoms with E-state index >= 15 is 0 Å². The van der Waals surface area contributed by atoms with Crippen LogP contribution in [-0.4, -0.2) is 46.8 Å². The maximum absolute atomic E-state index is 13.0. The number of hydrazone groups is 1. The largest absolute Gasteiger partial charge is 0.461 e. The Morgan fingerprint density at radius 1 is 1.12 bits per heavy atom. The second-order valence-electron chi connectivity index (χ2n) is 7.42. The van der Waals surface area contributed by atoms with Gasteiger partial charge < -0.3 is 14.5 Å². The second kappa shape index (κ2) is 9.72. The van der Waals surface area contributed by atoms with Gasteiger partial charge in [-0.25, -0.2) is 14.6 Å². The topological polar surface area (TPSA) is 101 Å². The molecule has 1 unspecified atom stereocenters. The molecular weight excluding hydrogens is 462 g/mol. The Morgan fingerprint density at radius 3 is 2.55 bits per heavy atom. The minimum absolute atomic E-state index is 0.204. The van der Waals surface area contributed by atoms with Crippen LogP contribution in [-0.2, 0) is 14.3 Å². The zero-order valence-electron chi connectivity index (χ0n) is 18.4. The highest BCUT2D eigenvalue weighted by Gasteiger charge is 2.35. The molecule has 0 bridgehead atoms. The molecule has 3 aromatic heterocycles. The summed E-state index contributed by atoms with van der Waals surface area (Å²) in [6.45, 7) is 4.77. The van der Waals surface area contributed by atoms with Crippen LogP contribution in [0.1, 0.15) is 61.2 Å². The molecule has 33 heavy (non-hydrogen) atoms. The summed E-state index contributed by atoms with van der Waals surface area (Å²) in [4.78, 5) is 42.8. The van der Waals surface area contributed by atoms with Gasteiger partial charge in [0.05, 0.1) is 28.8 Å². The monoisotopic (exact) mass is 485 g/mol. The van der Waals surface area contributed by atoms with Gasteiger partial charge in [0.25, 0.3) is 5.91 Å². The molecule has 1 aliphatic rings. The van der Waals surface area contributed by atoms with Crippen molar-refractivity contribution in [1.29, 1.82) is 0 Å². The highest BCUT2D eigenvalue weighted by molar-refractivity contribution is 7.12. The number of amides is 1. The summed E-state index contributed by atoms with van der Waals surface area (Å²) in [6, 6.07) is 7.59. The van der Waals surface area contributed by atoms with Crippen LogP contribution in [0.5, 0.6) is 0 Å². The first-order chi connectivity index (χ1) is 15.9. The molecule has 0 saturated carbocycles. The maximum Gasteiger partial charge on any atom is 0.355 e. The fraction of sp³-hybridized carbons (Fsp3) is 0.304. The van der Waals surface area contributed by atoms with E-state index in [1.54, 1.807) is 43.4 Å². The predicted octanol–water partition coefficient (Wildman–Crippen LogP) is 4.47. The molecule has 4 heterocycles. The molecule has 1 amide bonds. The number of carbonyl (C=O) groups excluding carboxylic acids is 3. The summed E-state index contributed by atoms with van der Waals surface area (Å²) < 4.78 is 10.4. The van der Waals surface area contributed by atoms with Crippen LogP contribution in [0.15, 0.2) is 40.1 Å². The van der Waals surface area contributed by atoms with Gasteiger partial charge in [-0.1, -0.05) is 12.1 Å². The zero-order chi connectivity index (χ0) is 23.5. The molecule has 0 spiro atoms. The Balaban J connectivity index is 1.49. The highest BCUT2D eigenvalue weighted by Crippen LogP contribution is 2.36. The molecule has 0 radical (unpaired) electrons. The Morgan fingerprint density at radius 2 is 1.88 bits per heavy atom. The van der Waals surface area contributed by atoms with E-state index in [4.69, 9.17) is 9.47 Å². The van der Waals surface area contributed by atoms with Crippen molar-refractivity contribution in [3.8, 4) is 0 Å². The van der Waals surface area contributed by atoms with Crippen molar-refractivity contribution in [3.63, 3.8) is 0 Å². The van der Waals surface area contributed by atoms with Crippen LogP contribution < -0.4 is 0 Å². The van der Waals surface area contributed by atoms with Gasteiger partial charge in [0.15, 0.2) is 6.61 Å². The number of aryl methyl sites for hydroxylation is 1. The molecule has 0 fully saturated rings. The first-order valence-electron chi connectivity index (χ1n) is 10.4. The molecule has 8 nitrogen and oxygen atoms in total. The van der Waals surface area contributed by atoms with Gasteiger partial charge in [-0.3, -0.25) is 4.79 Å². The van der Waals surface area contributed by atoms with Crippen LogP contribution in [0, 0.1) is 13.8 Å². The van der Waals surface area contributed by atoms with Gasteiger partial charge in [-0.15, -0.1) is 22.7 Å². The van der Waals surface area contributed by atoms with Gasteiger partial charge in [0, 0.05) is 17.0 Å². The minimum atomic E-state index is -0.681. The number of nitrogens with zero attached hydrogens (tertiary/aromatic N) is 2. The van der Waals surface area contributed by atoms with E-state index in [9.17, 15) is 14.4 Å². The average molecular weight is 486 g/mol. The lowest BCUT2D eigenvalue weighted by Crippen LogP contribution is -2.31. The van der Waals surface area contributed by atoms with Crippen LogP contribution >= 0.6 is 22.7 Å². The molecule has 0 aliphatic carbocycles. The SMILES string of the molecule is CCOC(=O)c1[nH]c(C)c(C(=O)OCC(=O)N2N=C(c3cccs3)CC2c2cccs2)c1C. The van der Waals surface area contributed by atoms with Crippen LogP contribution in [0.25, 0.3) is 0 Å².